The Labute approximate surface area is 173 Å². The molecule has 2 aromatic carbocycles. The van der Waals surface area contributed by atoms with E-state index in [0.29, 0.717) is 0 Å². The van der Waals surface area contributed by atoms with Crippen LogP contribution in [0, 0.1) is 12.7 Å². The Morgan fingerprint density at radius 2 is 1.57 bits per heavy atom. The highest BCUT2D eigenvalue weighted by Crippen LogP contribution is 2.32. The Hall–Kier alpha value is -3.93. The minimum Gasteiger partial charge on any atom is -0.497 e. The van der Waals surface area contributed by atoms with E-state index in [0.717, 1.165) is 45.3 Å². The first-order chi connectivity index (χ1) is 14.6. The van der Waals surface area contributed by atoms with Gasteiger partial charge in [0.1, 0.15) is 17.4 Å². The first-order valence-electron chi connectivity index (χ1n) is 9.58. The minimum absolute atomic E-state index is 0.273. The Balaban J connectivity index is 1.80. The molecule has 0 N–H and O–H groups in total. The fourth-order valence-corrected chi connectivity index (χ4v) is 3.65. The molecule has 3 aromatic heterocycles. The van der Waals surface area contributed by atoms with Crippen LogP contribution in [0.1, 0.15) is 5.69 Å². The molecule has 6 heteroatoms. The Kier molecular flexibility index (Phi) is 4.32. The van der Waals surface area contributed by atoms with E-state index in [2.05, 4.69) is 0 Å². The second-order valence-electron chi connectivity index (χ2n) is 7.02. The van der Waals surface area contributed by atoms with E-state index in [1.165, 1.54) is 12.1 Å². The molecule has 0 aliphatic heterocycles. The molecule has 0 aliphatic rings. The average molecular weight is 398 g/mol. The topological polar surface area (TPSA) is 44.4 Å². The van der Waals surface area contributed by atoms with E-state index in [9.17, 15) is 4.39 Å². The quantitative estimate of drug-likeness (QED) is 0.412. The summed E-state index contributed by atoms with van der Waals surface area (Å²) in [7, 11) is 1.65. The van der Waals surface area contributed by atoms with Crippen molar-refractivity contribution in [3.8, 4) is 34.0 Å². The number of halogens is 1. The third kappa shape index (κ3) is 3.03. The van der Waals surface area contributed by atoms with Gasteiger partial charge >= 0.3 is 0 Å². The lowest BCUT2D eigenvalue weighted by molar-refractivity contribution is 0.415. The molecular formula is C24H19FN4O. The van der Waals surface area contributed by atoms with Gasteiger partial charge in [0.25, 0.3) is 0 Å². The van der Waals surface area contributed by atoms with Gasteiger partial charge in [0.15, 0.2) is 5.65 Å². The summed E-state index contributed by atoms with van der Waals surface area (Å²) in [6, 6.07) is 20.2. The van der Waals surface area contributed by atoms with Crippen LogP contribution < -0.4 is 4.74 Å². The highest BCUT2D eigenvalue weighted by atomic mass is 19.1. The largest absolute Gasteiger partial charge is 0.497 e. The number of aryl methyl sites for hydroxylation is 1. The number of rotatable bonds is 4. The lowest BCUT2D eigenvalue weighted by Crippen LogP contribution is -2.02. The molecular weight excluding hydrogens is 379 g/mol. The van der Waals surface area contributed by atoms with Gasteiger partial charge in [-0.3, -0.25) is 0 Å². The van der Waals surface area contributed by atoms with Gasteiger partial charge in [-0.05, 0) is 61.0 Å². The Morgan fingerprint density at radius 1 is 0.900 bits per heavy atom. The van der Waals surface area contributed by atoms with Gasteiger partial charge in [-0.2, -0.15) is 5.10 Å². The fraction of sp³-hybridized carbons (Fsp3) is 0.0833. The number of aromatic nitrogens is 4. The van der Waals surface area contributed by atoms with Crippen LogP contribution in [0.25, 0.3) is 33.8 Å². The first-order valence-corrected chi connectivity index (χ1v) is 9.58. The summed E-state index contributed by atoms with van der Waals surface area (Å²) in [6.45, 7) is 1.97. The molecule has 0 fully saturated rings. The van der Waals surface area contributed by atoms with Gasteiger partial charge in [0, 0.05) is 29.6 Å². The predicted octanol–water partition coefficient (Wildman–Crippen LogP) is 5.31. The standard InChI is InChI=1S/C24H19FN4O/c1-16-23(18-7-11-20(30-2)12-8-18)24-26-22(28-13-3-4-14-28)15-21(29(24)27-16)17-5-9-19(25)10-6-17/h3-15H,1-2H3. The number of hydrogen-bond donors (Lipinski definition) is 0. The molecule has 0 radical (unpaired) electrons. The van der Waals surface area contributed by atoms with E-state index in [1.807, 2.05) is 70.9 Å². The molecule has 30 heavy (non-hydrogen) atoms. The molecule has 5 aromatic rings. The van der Waals surface area contributed by atoms with Crippen molar-refractivity contribution in [2.24, 2.45) is 0 Å². The number of fused-ring (bicyclic) bond motifs is 1. The van der Waals surface area contributed by atoms with Crippen LogP contribution in [0.2, 0.25) is 0 Å². The zero-order valence-electron chi connectivity index (χ0n) is 16.6. The van der Waals surface area contributed by atoms with Crippen LogP contribution in [-0.2, 0) is 0 Å². The van der Waals surface area contributed by atoms with E-state index >= 15 is 0 Å². The van der Waals surface area contributed by atoms with Crippen LogP contribution in [0.3, 0.4) is 0 Å². The van der Waals surface area contributed by atoms with Crippen molar-refractivity contribution in [3.63, 3.8) is 0 Å². The zero-order chi connectivity index (χ0) is 20.7. The molecule has 0 bridgehead atoms. The number of methoxy groups -OCH3 is 1. The molecule has 5 nitrogen and oxygen atoms in total. The summed E-state index contributed by atoms with van der Waals surface area (Å²) in [5.41, 5.74) is 5.26. The molecule has 5 rings (SSSR count). The van der Waals surface area contributed by atoms with Crippen molar-refractivity contribution in [2.75, 3.05) is 7.11 Å². The van der Waals surface area contributed by atoms with Crippen LogP contribution in [0.4, 0.5) is 4.39 Å². The predicted molar refractivity (Wildman–Crippen MR) is 114 cm³/mol. The van der Waals surface area contributed by atoms with Gasteiger partial charge in [0.2, 0.25) is 0 Å². The summed E-state index contributed by atoms with van der Waals surface area (Å²) in [4.78, 5) is 4.92. The normalized spacial score (nSPS) is 11.2. The summed E-state index contributed by atoms with van der Waals surface area (Å²) < 4.78 is 22.6. The summed E-state index contributed by atoms with van der Waals surface area (Å²) >= 11 is 0. The molecule has 0 aliphatic carbocycles. The second kappa shape index (κ2) is 7.15. The maximum Gasteiger partial charge on any atom is 0.166 e. The highest BCUT2D eigenvalue weighted by molar-refractivity contribution is 5.82. The van der Waals surface area contributed by atoms with Crippen LogP contribution in [0.15, 0.2) is 79.1 Å². The summed E-state index contributed by atoms with van der Waals surface area (Å²) in [5.74, 6) is 1.28. The van der Waals surface area contributed by atoms with Gasteiger partial charge in [0.05, 0.1) is 18.5 Å². The molecule has 0 saturated carbocycles. The van der Waals surface area contributed by atoms with Gasteiger partial charge < -0.3 is 9.30 Å². The lowest BCUT2D eigenvalue weighted by atomic mass is 10.1. The smallest absolute Gasteiger partial charge is 0.166 e. The molecule has 3 heterocycles. The van der Waals surface area contributed by atoms with Gasteiger partial charge in [-0.1, -0.05) is 12.1 Å². The van der Waals surface area contributed by atoms with Gasteiger partial charge in [-0.15, -0.1) is 0 Å². The molecule has 0 unspecified atom stereocenters. The maximum atomic E-state index is 13.5. The summed E-state index contributed by atoms with van der Waals surface area (Å²) in [5, 5.41) is 4.77. The molecule has 0 spiro atoms. The van der Waals surface area contributed by atoms with Crippen molar-refractivity contribution in [3.05, 3.63) is 90.6 Å². The van der Waals surface area contributed by atoms with Crippen molar-refractivity contribution in [2.45, 2.75) is 6.92 Å². The molecule has 0 atom stereocenters. The van der Waals surface area contributed by atoms with E-state index in [-0.39, 0.29) is 5.82 Å². The number of hydrogen-bond acceptors (Lipinski definition) is 3. The van der Waals surface area contributed by atoms with Crippen molar-refractivity contribution in [1.29, 1.82) is 0 Å². The van der Waals surface area contributed by atoms with Crippen LogP contribution in [-0.4, -0.2) is 26.3 Å². The Bertz CT molecular complexity index is 1320. The van der Waals surface area contributed by atoms with Crippen LogP contribution >= 0.6 is 0 Å². The van der Waals surface area contributed by atoms with E-state index in [4.69, 9.17) is 14.8 Å². The second-order valence-corrected chi connectivity index (χ2v) is 7.02. The average Bonchev–Trinajstić information content (AvgIpc) is 3.41. The molecule has 148 valence electrons. The minimum atomic E-state index is -0.273. The van der Waals surface area contributed by atoms with Crippen molar-refractivity contribution >= 4 is 5.65 Å². The van der Waals surface area contributed by atoms with Crippen molar-refractivity contribution < 1.29 is 9.13 Å². The third-order valence-corrected chi connectivity index (χ3v) is 5.14. The SMILES string of the molecule is COc1ccc(-c2c(C)nn3c(-c4ccc(F)cc4)cc(-n4cccc4)nc23)cc1. The third-order valence-electron chi connectivity index (χ3n) is 5.14. The number of nitrogens with zero attached hydrogens (tertiary/aromatic N) is 4. The number of ether oxygens (including phenoxy) is 1. The lowest BCUT2D eigenvalue weighted by Gasteiger charge is -2.10. The molecule has 0 amide bonds. The van der Waals surface area contributed by atoms with Crippen LogP contribution in [0.5, 0.6) is 5.75 Å². The Morgan fingerprint density at radius 3 is 2.23 bits per heavy atom. The van der Waals surface area contributed by atoms with E-state index in [1.54, 1.807) is 19.2 Å². The number of benzene rings is 2. The zero-order valence-corrected chi connectivity index (χ0v) is 16.6. The summed E-state index contributed by atoms with van der Waals surface area (Å²) in [6.07, 6.45) is 3.90. The molecule has 0 saturated heterocycles. The van der Waals surface area contributed by atoms with Gasteiger partial charge in [-0.25, -0.2) is 13.9 Å². The first kappa shape index (κ1) is 18.1. The monoisotopic (exact) mass is 398 g/mol. The fourth-order valence-electron chi connectivity index (χ4n) is 3.65. The van der Waals surface area contributed by atoms with E-state index < -0.39 is 0 Å². The maximum absolute atomic E-state index is 13.5. The highest BCUT2D eigenvalue weighted by Gasteiger charge is 2.18. The van der Waals surface area contributed by atoms with Crippen molar-refractivity contribution in [1.82, 2.24) is 19.2 Å².